The minimum Gasteiger partial charge on any atom is -0.383 e. The molecule has 0 radical (unpaired) electrons. The molecule has 0 aliphatic carbocycles. The third-order valence-electron chi connectivity index (χ3n) is 5.50. The van der Waals surface area contributed by atoms with Crippen molar-refractivity contribution in [1.82, 2.24) is 14.9 Å². The number of amides is 1. The number of aromatic nitrogens is 2. The number of carbonyl (C=O) groups excluding carboxylic acids is 1. The third kappa shape index (κ3) is 3.68. The highest BCUT2D eigenvalue weighted by Gasteiger charge is 2.16. The van der Waals surface area contributed by atoms with Gasteiger partial charge in [-0.1, -0.05) is 48.5 Å². The lowest BCUT2D eigenvalue weighted by Crippen LogP contribution is -2.36. The van der Waals surface area contributed by atoms with Crippen molar-refractivity contribution in [2.45, 2.75) is 13.0 Å². The molecule has 0 spiro atoms. The van der Waals surface area contributed by atoms with Gasteiger partial charge in [-0.3, -0.25) is 9.36 Å². The zero-order valence-corrected chi connectivity index (χ0v) is 18.7. The molecule has 3 aromatic carbocycles. The van der Waals surface area contributed by atoms with Crippen LogP contribution in [0.15, 0.2) is 79.3 Å². The summed E-state index contributed by atoms with van der Waals surface area (Å²) in [6.45, 7) is 2.36. The smallest absolute Gasteiger partial charge is 0.270 e. The Balaban J connectivity index is 1.55. The van der Waals surface area contributed by atoms with Gasteiger partial charge in [-0.05, 0) is 36.2 Å². The molecule has 0 aliphatic rings. The van der Waals surface area contributed by atoms with Crippen molar-refractivity contribution in [3.05, 3.63) is 84.9 Å². The average molecular weight is 442 g/mol. The van der Waals surface area contributed by atoms with Gasteiger partial charge in [0.05, 0.1) is 19.1 Å². The van der Waals surface area contributed by atoms with E-state index in [0.717, 1.165) is 11.3 Å². The molecule has 1 atom stereocenters. The first-order valence-electron chi connectivity index (χ1n) is 10.5. The van der Waals surface area contributed by atoms with Crippen molar-refractivity contribution in [2.24, 2.45) is 0 Å². The number of rotatable bonds is 6. The highest BCUT2D eigenvalue weighted by atomic mass is 32.1. The number of hydrogen-bond acceptors (Lipinski definition) is 4. The fraction of sp³-hybridized carbons (Fsp3) is 0.154. The summed E-state index contributed by atoms with van der Waals surface area (Å²) in [5, 5.41) is 5.50. The van der Waals surface area contributed by atoms with Crippen molar-refractivity contribution in [2.75, 3.05) is 13.7 Å². The number of carbonyl (C=O) groups is 1. The number of thiophene rings is 1. The highest BCUT2D eigenvalue weighted by Crippen LogP contribution is 2.40. The van der Waals surface area contributed by atoms with E-state index in [4.69, 9.17) is 4.74 Å². The molecule has 5 aromatic rings. The van der Waals surface area contributed by atoms with Gasteiger partial charge in [0.25, 0.3) is 5.91 Å². The first kappa shape index (κ1) is 20.4. The maximum atomic E-state index is 12.8. The van der Waals surface area contributed by atoms with E-state index >= 15 is 0 Å². The van der Waals surface area contributed by atoms with Crippen LogP contribution in [0.4, 0.5) is 0 Å². The fourth-order valence-corrected chi connectivity index (χ4v) is 5.29. The number of ether oxygens (including phenoxy) is 1. The van der Waals surface area contributed by atoms with Crippen molar-refractivity contribution >= 4 is 37.4 Å². The summed E-state index contributed by atoms with van der Waals surface area (Å²) in [7, 11) is 1.62. The van der Waals surface area contributed by atoms with Crippen LogP contribution in [0.2, 0.25) is 0 Å². The SMILES string of the molecule is COC[C@@H](C)NC(=O)c1cncn1-c1cccc(-c2cccc3c2sc2ccccc23)c1. The van der Waals surface area contributed by atoms with Crippen molar-refractivity contribution in [1.29, 1.82) is 0 Å². The van der Waals surface area contributed by atoms with E-state index in [1.165, 1.54) is 25.7 Å². The quantitative estimate of drug-likeness (QED) is 0.369. The molecule has 0 aliphatic heterocycles. The summed E-state index contributed by atoms with van der Waals surface area (Å²) >= 11 is 1.81. The highest BCUT2D eigenvalue weighted by molar-refractivity contribution is 7.26. The second-order valence-corrected chi connectivity index (χ2v) is 8.86. The molecule has 0 fully saturated rings. The van der Waals surface area contributed by atoms with Gasteiger partial charge < -0.3 is 10.1 Å². The maximum absolute atomic E-state index is 12.8. The number of nitrogens with one attached hydrogen (secondary N) is 1. The predicted octanol–water partition coefficient (Wildman–Crippen LogP) is 5.67. The maximum Gasteiger partial charge on any atom is 0.270 e. The first-order chi connectivity index (χ1) is 15.7. The van der Waals surface area contributed by atoms with E-state index in [9.17, 15) is 4.79 Å². The molecule has 0 unspecified atom stereocenters. The second-order valence-electron chi connectivity index (χ2n) is 7.81. The Morgan fingerprint density at radius 3 is 2.78 bits per heavy atom. The van der Waals surface area contributed by atoms with Crippen molar-refractivity contribution in [3.63, 3.8) is 0 Å². The molecule has 32 heavy (non-hydrogen) atoms. The van der Waals surface area contributed by atoms with E-state index in [1.807, 2.05) is 35.0 Å². The van der Waals surface area contributed by atoms with E-state index in [0.29, 0.717) is 12.3 Å². The van der Waals surface area contributed by atoms with Gasteiger partial charge in [-0.2, -0.15) is 0 Å². The molecule has 1 amide bonds. The van der Waals surface area contributed by atoms with Crippen molar-refractivity contribution < 1.29 is 9.53 Å². The summed E-state index contributed by atoms with van der Waals surface area (Å²) < 4.78 is 9.49. The van der Waals surface area contributed by atoms with E-state index in [-0.39, 0.29) is 11.9 Å². The Bertz CT molecular complexity index is 1420. The molecule has 0 saturated carbocycles. The van der Waals surface area contributed by atoms with Crippen LogP contribution >= 0.6 is 11.3 Å². The van der Waals surface area contributed by atoms with Crippen LogP contribution < -0.4 is 5.32 Å². The number of nitrogens with zero attached hydrogens (tertiary/aromatic N) is 2. The van der Waals surface area contributed by atoms with Crippen LogP contribution in [0.25, 0.3) is 37.0 Å². The van der Waals surface area contributed by atoms with Gasteiger partial charge in [0, 0.05) is 39.0 Å². The predicted molar refractivity (Wildman–Crippen MR) is 131 cm³/mol. The van der Waals surface area contributed by atoms with Gasteiger partial charge in [0.1, 0.15) is 5.69 Å². The number of hydrogen-bond donors (Lipinski definition) is 1. The Morgan fingerprint density at radius 1 is 1.09 bits per heavy atom. The van der Waals surface area contributed by atoms with Crippen LogP contribution in [-0.2, 0) is 4.74 Å². The molecule has 6 heteroatoms. The normalized spacial score (nSPS) is 12.3. The van der Waals surface area contributed by atoms with Gasteiger partial charge in [0.15, 0.2) is 0 Å². The Labute approximate surface area is 190 Å². The minimum absolute atomic E-state index is 0.0900. The lowest BCUT2D eigenvalue weighted by Gasteiger charge is -2.14. The molecular formula is C26H23N3O2S. The summed E-state index contributed by atoms with van der Waals surface area (Å²) in [5.74, 6) is -0.177. The third-order valence-corrected chi connectivity index (χ3v) is 6.72. The average Bonchev–Trinajstić information content (AvgIpc) is 3.44. The Hall–Kier alpha value is -3.48. The van der Waals surface area contributed by atoms with Gasteiger partial charge in [-0.25, -0.2) is 4.98 Å². The monoisotopic (exact) mass is 441 g/mol. The largest absolute Gasteiger partial charge is 0.383 e. The molecule has 1 N–H and O–H groups in total. The van der Waals surface area contributed by atoms with E-state index < -0.39 is 0 Å². The molecular weight excluding hydrogens is 418 g/mol. The minimum atomic E-state index is -0.177. The van der Waals surface area contributed by atoms with Crippen LogP contribution in [-0.4, -0.2) is 35.2 Å². The van der Waals surface area contributed by atoms with Crippen LogP contribution in [0.3, 0.4) is 0 Å². The number of benzene rings is 3. The summed E-state index contributed by atoms with van der Waals surface area (Å²) in [6, 6.07) is 23.1. The van der Waals surface area contributed by atoms with Crippen molar-refractivity contribution in [3.8, 4) is 16.8 Å². The standard InChI is InChI=1S/C26H23N3O2S/c1-17(15-31-2)28-26(30)23-14-27-16-29(23)19-8-5-7-18(13-19)20-10-6-11-22-21-9-3-4-12-24(21)32-25(20)22/h3-14,16-17H,15H2,1-2H3,(H,28,30)/t17-/m1/s1. The lowest BCUT2D eigenvalue weighted by atomic mass is 10.0. The zero-order chi connectivity index (χ0) is 22.1. The molecule has 2 heterocycles. The van der Waals surface area contributed by atoms with Gasteiger partial charge >= 0.3 is 0 Å². The molecule has 0 saturated heterocycles. The van der Waals surface area contributed by atoms with Gasteiger partial charge in [-0.15, -0.1) is 11.3 Å². The van der Waals surface area contributed by atoms with Crippen LogP contribution in [0.5, 0.6) is 0 Å². The van der Waals surface area contributed by atoms with Gasteiger partial charge in [0.2, 0.25) is 0 Å². The first-order valence-corrected chi connectivity index (χ1v) is 11.3. The van der Waals surface area contributed by atoms with E-state index in [1.54, 1.807) is 19.6 Å². The number of fused-ring (bicyclic) bond motifs is 3. The molecule has 0 bridgehead atoms. The van der Waals surface area contributed by atoms with Crippen LogP contribution in [0.1, 0.15) is 17.4 Å². The summed E-state index contributed by atoms with van der Waals surface area (Å²) in [4.78, 5) is 17.0. The molecule has 2 aromatic heterocycles. The fourth-order valence-electron chi connectivity index (χ4n) is 4.06. The Morgan fingerprint density at radius 2 is 1.91 bits per heavy atom. The zero-order valence-electron chi connectivity index (χ0n) is 17.9. The van der Waals surface area contributed by atoms with E-state index in [2.05, 4.69) is 64.9 Å². The topological polar surface area (TPSA) is 56.1 Å². The van der Waals surface area contributed by atoms with Crippen LogP contribution in [0, 0.1) is 0 Å². The number of methoxy groups -OCH3 is 1. The lowest BCUT2D eigenvalue weighted by molar-refractivity contribution is 0.0898. The number of imidazole rings is 1. The Kier molecular flexibility index (Phi) is 5.47. The molecule has 5 nitrogen and oxygen atoms in total. The summed E-state index contributed by atoms with van der Waals surface area (Å²) in [5.41, 5.74) is 3.67. The molecule has 5 rings (SSSR count). The summed E-state index contributed by atoms with van der Waals surface area (Å²) in [6.07, 6.45) is 3.27. The molecule has 160 valence electrons. The second kappa shape index (κ2) is 8.57.